The van der Waals surface area contributed by atoms with E-state index in [-0.39, 0.29) is 11.6 Å². The summed E-state index contributed by atoms with van der Waals surface area (Å²) in [6.45, 7) is 7.26. The molecule has 2 aromatic rings. The van der Waals surface area contributed by atoms with E-state index in [1.54, 1.807) is 39.1 Å². The molecule has 28 heavy (non-hydrogen) atoms. The van der Waals surface area contributed by atoms with Gasteiger partial charge in [-0.1, -0.05) is 39.0 Å². The van der Waals surface area contributed by atoms with Crippen molar-refractivity contribution in [2.45, 2.75) is 27.7 Å². The quantitative estimate of drug-likeness (QED) is 0.778. The third-order valence-corrected chi connectivity index (χ3v) is 4.14. The van der Waals surface area contributed by atoms with Gasteiger partial charge in [0.15, 0.2) is 0 Å². The van der Waals surface area contributed by atoms with E-state index in [1.165, 1.54) is 0 Å². The average Bonchev–Trinajstić information content (AvgIpc) is 2.62. The molecule has 0 saturated heterocycles. The Kier molecular flexibility index (Phi) is 6.57. The van der Waals surface area contributed by atoms with E-state index in [2.05, 4.69) is 15.6 Å². The summed E-state index contributed by atoms with van der Waals surface area (Å²) in [5.74, 6) is -0.195. The lowest BCUT2D eigenvalue weighted by Crippen LogP contribution is -2.38. The summed E-state index contributed by atoms with van der Waals surface area (Å²) in [6.07, 6.45) is 3.27. The van der Waals surface area contributed by atoms with Gasteiger partial charge in [0.2, 0.25) is 5.91 Å². The molecule has 0 spiro atoms. The maximum atomic E-state index is 12.9. The number of benzene rings is 1. The van der Waals surface area contributed by atoms with Gasteiger partial charge in [0.1, 0.15) is 11.5 Å². The number of carbonyl (C=O) groups is 2. The first-order valence-electron chi connectivity index (χ1n) is 9.11. The molecule has 2 rings (SSSR count). The van der Waals surface area contributed by atoms with Crippen LogP contribution in [-0.4, -0.2) is 30.9 Å². The molecular weight excluding hydrogens is 352 g/mol. The van der Waals surface area contributed by atoms with Gasteiger partial charge in [-0.05, 0) is 42.3 Å². The van der Waals surface area contributed by atoms with Crippen molar-refractivity contribution in [3.05, 3.63) is 59.4 Å². The zero-order valence-electron chi connectivity index (χ0n) is 17.3. The lowest BCUT2D eigenvalue weighted by Gasteiger charge is -2.19. The van der Waals surface area contributed by atoms with Gasteiger partial charge >= 0.3 is 0 Å². The zero-order chi connectivity index (χ0) is 20.9. The van der Waals surface area contributed by atoms with Crippen molar-refractivity contribution in [2.24, 2.45) is 5.41 Å². The van der Waals surface area contributed by atoms with E-state index in [9.17, 15) is 9.59 Å². The van der Waals surface area contributed by atoms with Crippen molar-refractivity contribution in [3.63, 3.8) is 0 Å². The third-order valence-electron chi connectivity index (χ3n) is 4.14. The lowest BCUT2D eigenvalue weighted by molar-refractivity contribution is -0.128. The smallest absolute Gasteiger partial charge is 0.273 e. The first kappa shape index (κ1) is 21.2. The van der Waals surface area contributed by atoms with E-state index < -0.39 is 11.3 Å². The number of aryl methyl sites for hydroxylation is 1. The van der Waals surface area contributed by atoms with E-state index in [4.69, 9.17) is 0 Å². The Balaban J connectivity index is 2.34. The van der Waals surface area contributed by atoms with Crippen molar-refractivity contribution >= 4 is 29.4 Å². The number of hydrogen-bond acceptors (Lipinski definition) is 4. The molecule has 2 amide bonds. The number of nitrogens with zero attached hydrogens (tertiary/aromatic N) is 2. The predicted octanol–water partition coefficient (Wildman–Crippen LogP) is 3.60. The van der Waals surface area contributed by atoms with Crippen LogP contribution in [0, 0.1) is 12.3 Å². The molecule has 0 radical (unpaired) electrons. The van der Waals surface area contributed by atoms with E-state index in [0.717, 1.165) is 16.8 Å². The van der Waals surface area contributed by atoms with Gasteiger partial charge in [0, 0.05) is 31.4 Å². The van der Waals surface area contributed by atoms with E-state index in [0.29, 0.717) is 5.82 Å². The molecule has 0 unspecified atom stereocenters. The van der Waals surface area contributed by atoms with Crippen LogP contribution in [-0.2, 0) is 9.59 Å². The van der Waals surface area contributed by atoms with Crippen molar-refractivity contribution in [1.82, 2.24) is 10.3 Å². The Bertz CT molecular complexity index is 878. The maximum absolute atomic E-state index is 12.9. The van der Waals surface area contributed by atoms with Gasteiger partial charge in [0.25, 0.3) is 5.91 Å². The van der Waals surface area contributed by atoms with Crippen molar-refractivity contribution in [3.8, 4) is 0 Å². The Morgan fingerprint density at radius 1 is 1.07 bits per heavy atom. The Hall–Kier alpha value is -3.15. The van der Waals surface area contributed by atoms with E-state index >= 15 is 0 Å². The summed E-state index contributed by atoms with van der Waals surface area (Å²) in [7, 11) is 3.92. The van der Waals surface area contributed by atoms with Gasteiger partial charge in [-0.25, -0.2) is 4.98 Å². The van der Waals surface area contributed by atoms with Crippen LogP contribution in [0.2, 0.25) is 0 Å². The monoisotopic (exact) mass is 380 g/mol. The van der Waals surface area contributed by atoms with Crippen LogP contribution >= 0.6 is 0 Å². The summed E-state index contributed by atoms with van der Waals surface area (Å²) in [5, 5.41) is 5.53. The number of rotatable bonds is 5. The normalized spacial score (nSPS) is 11.7. The first-order valence-corrected chi connectivity index (χ1v) is 9.11. The number of nitrogens with one attached hydrogen (secondary N) is 2. The van der Waals surface area contributed by atoms with Crippen LogP contribution in [0.15, 0.2) is 48.3 Å². The van der Waals surface area contributed by atoms with Gasteiger partial charge in [-0.3, -0.25) is 9.59 Å². The Morgan fingerprint density at radius 2 is 1.71 bits per heavy atom. The maximum Gasteiger partial charge on any atom is 0.273 e. The van der Waals surface area contributed by atoms with Crippen LogP contribution in [0.5, 0.6) is 0 Å². The SMILES string of the molecule is Cc1cccnc1NC(=O)/C(=C\c1ccc(N(C)C)cc1)NC(=O)C(C)(C)C. The summed E-state index contributed by atoms with van der Waals surface area (Å²) >= 11 is 0. The summed E-state index contributed by atoms with van der Waals surface area (Å²) in [6, 6.07) is 11.4. The molecule has 0 fully saturated rings. The number of hydrogen-bond donors (Lipinski definition) is 2. The molecule has 1 heterocycles. The summed E-state index contributed by atoms with van der Waals surface area (Å²) in [5.41, 5.74) is 2.23. The minimum Gasteiger partial charge on any atom is -0.378 e. The molecule has 0 atom stereocenters. The average molecular weight is 380 g/mol. The lowest BCUT2D eigenvalue weighted by atomic mass is 9.95. The van der Waals surface area contributed by atoms with Crippen LogP contribution in [0.25, 0.3) is 6.08 Å². The minimum absolute atomic E-state index is 0.169. The highest BCUT2D eigenvalue weighted by Crippen LogP contribution is 2.18. The summed E-state index contributed by atoms with van der Waals surface area (Å²) < 4.78 is 0. The Labute approximate surface area is 166 Å². The van der Waals surface area contributed by atoms with Crippen molar-refractivity contribution in [1.29, 1.82) is 0 Å². The highest BCUT2D eigenvalue weighted by atomic mass is 16.2. The summed E-state index contributed by atoms with van der Waals surface area (Å²) in [4.78, 5) is 31.5. The standard InChI is InChI=1S/C22H28N4O2/c1-15-8-7-13-23-19(15)25-20(27)18(24-21(28)22(2,3)4)14-16-9-11-17(12-10-16)26(5)6/h7-14H,1-6H3,(H,24,28)(H,23,25,27)/b18-14+. The second-order valence-corrected chi connectivity index (χ2v) is 7.87. The number of aromatic nitrogens is 1. The molecule has 2 N–H and O–H groups in total. The number of carbonyl (C=O) groups excluding carboxylic acids is 2. The van der Waals surface area contributed by atoms with Crippen LogP contribution in [0.3, 0.4) is 0 Å². The van der Waals surface area contributed by atoms with Gasteiger partial charge in [0.05, 0.1) is 0 Å². The van der Waals surface area contributed by atoms with Gasteiger partial charge in [-0.15, -0.1) is 0 Å². The van der Waals surface area contributed by atoms with Crippen LogP contribution in [0.4, 0.5) is 11.5 Å². The van der Waals surface area contributed by atoms with Crippen molar-refractivity contribution in [2.75, 3.05) is 24.3 Å². The second kappa shape index (κ2) is 8.69. The fourth-order valence-electron chi connectivity index (χ4n) is 2.29. The van der Waals surface area contributed by atoms with E-state index in [1.807, 2.05) is 56.3 Å². The highest BCUT2D eigenvalue weighted by molar-refractivity contribution is 6.08. The molecule has 0 aliphatic heterocycles. The van der Waals surface area contributed by atoms with Gasteiger partial charge < -0.3 is 15.5 Å². The molecule has 148 valence electrons. The number of pyridine rings is 1. The fraction of sp³-hybridized carbons (Fsp3) is 0.318. The topological polar surface area (TPSA) is 74.3 Å². The predicted molar refractivity (Wildman–Crippen MR) is 114 cm³/mol. The molecule has 1 aromatic heterocycles. The molecule has 0 aliphatic carbocycles. The Morgan fingerprint density at radius 3 is 2.25 bits per heavy atom. The number of amides is 2. The van der Waals surface area contributed by atoms with Crippen molar-refractivity contribution < 1.29 is 9.59 Å². The first-order chi connectivity index (χ1) is 13.1. The molecular formula is C22H28N4O2. The van der Waals surface area contributed by atoms with Crippen LogP contribution < -0.4 is 15.5 Å². The van der Waals surface area contributed by atoms with Gasteiger partial charge in [-0.2, -0.15) is 0 Å². The minimum atomic E-state index is -0.630. The highest BCUT2D eigenvalue weighted by Gasteiger charge is 2.24. The molecule has 1 aromatic carbocycles. The molecule has 6 nitrogen and oxygen atoms in total. The molecule has 0 aliphatic rings. The fourth-order valence-corrected chi connectivity index (χ4v) is 2.29. The largest absolute Gasteiger partial charge is 0.378 e. The second-order valence-electron chi connectivity index (χ2n) is 7.87. The molecule has 0 bridgehead atoms. The molecule has 6 heteroatoms. The third kappa shape index (κ3) is 5.67. The van der Waals surface area contributed by atoms with Crippen LogP contribution in [0.1, 0.15) is 31.9 Å². The zero-order valence-corrected chi connectivity index (χ0v) is 17.3. The number of anilines is 2. The molecule has 0 saturated carbocycles.